The molecule has 0 saturated heterocycles. The lowest BCUT2D eigenvalue weighted by Gasteiger charge is -2.18. The molecule has 2 aromatic carbocycles. The number of aliphatic hydroxyl groups excluding tert-OH is 1. The predicted molar refractivity (Wildman–Crippen MR) is 110 cm³/mol. The van der Waals surface area contributed by atoms with Crippen LogP contribution in [0.15, 0.2) is 54.6 Å². The molecule has 26 heavy (non-hydrogen) atoms. The molecule has 0 spiro atoms. The van der Waals surface area contributed by atoms with Crippen molar-refractivity contribution in [3.05, 3.63) is 71.3 Å². The van der Waals surface area contributed by atoms with Crippen LogP contribution in [0, 0.1) is 6.92 Å². The third kappa shape index (κ3) is 9.23. The standard InChI is InChI=1S/C19H23NO2.C2H6.CH4O.H2/c1-3-18(13-17-12-8-7-9-15(17)2)22-19(21)20-14-16-10-5-4-6-11-16;2*1-2;/h4-12,18H,3,13-14H2,1-2H3,(H,20,21);1-2H3;2H,1H3;1H/t18-;;;/m0.../s1. The lowest BCUT2D eigenvalue weighted by Crippen LogP contribution is -2.29. The van der Waals surface area contributed by atoms with Gasteiger partial charge < -0.3 is 15.2 Å². The first-order chi connectivity index (χ1) is 12.7. The molecule has 0 aliphatic carbocycles. The Morgan fingerprint density at radius 2 is 1.65 bits per heavy atom. The van der Waals surface area contributed by atoms with E-state index < -0.39 is 0 Å². The Balaban J connectivity index is 0. The highest BCUT2D eigenvalue weighted by atomic mass is 16.6. The molecular formula is C22H35NO3. The van der Waals surface area contributed by atoms with Gasteiger partial charge >= 0.3 is 6.09 Å². The number of hydrogen-bond donors (Lipinski definition) is 2. The number of nitrogens with one attached hydrogen (secondary N) is 1. The van der Waals surface area contributed by atoms with Crippen LogP contribution in [0.5, 0.6) is 0 Å². The molecule has 1 atom stereocenters. The molecule has 0 aliphatic heterocycles. The minimum atomic E-state index is -0.357. The number of benzene rings is 2. The van der Waals surface area contributed by atoms with Crippen molar-refractivity contribution in [1.29, 1.82) is 0 Å². The van der Waals surface area contributed by atoms with Crippen LogP contribution in [0.1, 0.15) is 45.3 Å². The summed E-state index contributed by atoms with van der Waals surface area (Å²) in [6.45, 7) is 8.60. The van der Waals surface area contributed by atoms with Crippen molar-refractivity contribution in [3.8, 4) is 0 Å². The normalized spacial score (nSPS) is 10.4. The minimum absolute atomic E-state index is 0. The lowest BCUT2D eigenvalue weighted by atomic mass is 10.0. The van der Waals surface area contributed by atoms with Crippen molar-refractivity contribution < 1.29 is 16.1 Å². The van der Waals surface area contributed by atoms with Crippen LogP contribution in [0.25, 0.3) is 0 Å². The van der Waals surface area contributed by atoms with E-state index in [0.717, 1.165) is 25.5 Å². The van der Waals surface area contributed by atoms with Gasteiger partial charge in [0.25, 0.3) is 0 Å². The number of aryl methyl sites for hydroxylation is 1. The molecule has 2 rings (SSSR count). The van der Waals surface area contributed by atoms with Crippen molar-refractivity contribution >= 4 is 6.09 Å². The highest BCUT2D eigenvalue weighted by Crippen LogP contribution is 2.13. The first-order valence-corrected chi connectivity index (χ1v) is 9.16. The number of rotatable bonds is 6. The Labute approximate surface area is 159 Å². The quantitative estimate of drug-likeness (QED) is 0.750. The van der Waals surface area contributed by atoms with Gasteiger partial charge in [-0.05, 0) is 30.0 Å². The monoisotopic (exact) mass is 361 g/mol. The van der Waals surface area contributed by atoms with Crippen molar-refractivity contribution in [2.45, 2.75) is 53.2 Å². The highest BCUT2D eigenvalue weighted by molar-refractivity contribution is 5.67. The average Bonchev–Trinajstić information content (AvgIpc) is 2.71. The highest BCUT2D eigenvalue weighted by Gasteiger charge is 2.14. The maximum absolute atomic E-state index is 11.9. The number of aliphatic hydroxyl groups is 1. The maximum Gasteiger partial charge on any atom is 0.407 e. The summed E-state index contributed by atoms with van der Waals surface area (Å²) in [5.41, 5.74) is 3.52. The molecular weight excluding hydrogens is 326 g/mol. The van der Waals surface area contributed by atoms with Crippen molar-refractivity contribution in [1.82, 2.24) is 5.32 Å². The Kier molecular flexibility index (Phi) is 13.6. The molecule has 0 aromatic heterocycles. The van der Waals surface area contributed by atoms with Gasteiger partial charge in [-0.1, -0.05) is 75.4 Å². The van der Waals surface area contributed by atoms with Crippen molar-refractivity contribution in [2.75, 3.05) is 7.11 Å². The zero-order chi connectivity index (χ0) is 19.8. The average molecular weight is 362 g/mol. The molecule has 4 nitrogen and oxygen atoms in total. The second-order valence-electron chi connectivity index (χ2n) is 5.41. The van der Waals surface area contributed by atoms with E-state index >= 15 is 0 Å². The molecule has 0 aliphatic rings. The summed E-state index contributed by atoms with van der Waals surface area (Å²) in [5.74, 6) is 0. The van der Waals surface area contributed by atoms with Crippen LogP contribution in [-0.2, 0) is 17.7 Å². The maximum atomic E-state index is 11.9. The van der Waals surface area contributed by atoms with Gasteiger partial charge in [0.05, 0.1) is 0 Å². The zero-order valence-corrected chi connectivity index (χ0v) is 16.7. The van der Waals surface area contributed by atoms with E-state index in [1.54, 1.807) is 0 Å². The van der Waals surface area contributed by atoms with E-state index in [4.69, 9.17) is 9.84 Å². The SMILES string of the molecule is CC.CC[C@@H](Cc1ccccc1C)OC(=O)NCc1ccccc1.CO.[HH]. The number of alkyl carbamates (subject to hydrolysis) is 1. The Morgan fingerprint density at radius 3 is 2.23 bits per heavy atom. The van der Waals surface area contributed by atoms with Gasteiger partial charge in [0.2, 0.25) is 0 Å². The molecule has 0 unspecified atom stereocenters. The molecule has 2 N–H and O–H groups in total. The van der Waals surface area contributed by atoms with E-state index in [1.807, 2.05) is 63.2 Å². The van der Waals surface area contributed by atoms with Crippen LogP contribution in [0.3, 0.4) is 0 Å². The minimum Gasteiger partial charge on any atom is -0.446 e. The van der Waals surface area contributed by atoms with Gasteiger partial charge in [-0.25, -0.2) is 4.79 Å². The zero-order valence-electron chi connectivity index (χ0n) is 16.7. The fraction of sp³-hybridized carbons (Fsp3) is 0.409. The molecule has 2 aromatic rings. The first kappa shape index (κ1) is 23.7. The van der Waals surface area contributed by atoms with E-state index in [0.29, 0.717) is 6.54 Å². The number of ether oxygens (including phenoxy) is 1. The van der Waals surface area contributed by atoms with Gasteiger partial charge in [-0.15, -0.1) is 0 Å². The molecule has 0 radical (unpaired) electrons. The summed E-state index contributed by atoms with van der Waals surface area (Å²) < 4.78 is 5.53. The van der Waals surface area contributed by atoms with Gasteiger partial charge in [0, 0.05) is 21.5 Å². The van der Waals surface area contributed by atoms with Gasteiger partial charge in [-0.3, -0.25) is 0 Å². The molecule has 0 heterocycles. The molecule has 0 fully saturated rings. The van der Waals surface area contributed by atoms with Crippen LogP contribution in [-0.4, -0.2) is 24.4 Å². The molecule has 0 saturated carbocycles. The van der Waals surface area contributed by atoms with Gasteiger partial charge in [0.1, 0.15) is 6.10 Å². The van der Waals surface area contributed by atoms with Crippen LogP contribution < -0.4 is 5.32 Å². The second-order valence-corrected chi connectivity index (χ2v) is 5.41. The predicted octanol–water partition coefficient (Wildman–Crippen LogP) is 5.12. The number of amides is 1. The smallest absolute Gasteiger partial charge is 0.407 e. The van der Waals surface area contributed by atoms with Crippen LogP contribution in [0.2, 0.25) is 0 Å². The molecule has 1 amide bonds. The van der Waals surface area contributed by atoms with Gasteiger partial charge in [-0.2, -0.15) is 0 Å². The first-order valence-electron chi connectivity index (χ1n) is 9.16. The van der Waals surface area contributed by atoms with Crippen LogP contribution in [0.4, 0.5) is 4.79 Å². The summed E-state index contributed by atoms with van der Waals surface area (Å²) >= 11 is 0. The molecule has 4 heteroatoms. The summed E-state index contributed by atoms with van der Waals surface area (Å²) in [6.07, 6.45) is 1.09. The van der Waals surface area contributed by atoms with E-state index in [9.17, 15) is 4.79 Å². The van der Waals surface area contributed by atoms with E-state index in [-0.39, 0.29) is 13.6 Å². The molecule has 146 valence electrons. The van der Waals surface area contributed by atoms with Crippen LogP contribution >= 0.6 is 0 Å². The number of carbonyl (C=O) groups excluding carboxylic acids is 1. The summed E-state index contributed by atoms with van der Waals surface area (Å²) in [5, 5.41) is 9.80. The van der Waals surface area contributed by atoms with Crippen molar-refractivity contribution in [2.24, 2.45) is 0 Å². The fourth-order valence-corrected chi connectivity index (χ4v) is 2.32. The molecule has 0 bridgehead atoms. The van der Waals surface area contributed by atoms with E-state index in [1.165, 1.54) is 11.1 Å². The third-order valence-electron chi connectivity index (χ3n) is 3.72. The largest absolute Gasteiger partial charge is 0.446 e. The second kappa shape index (κ2) is 15.0. The summed E-state index contributed by atoms with van der Waals surface area (Å²) in [4.78, 5) is 11.9. The van der Waals surface area contributed by atoms with Gasteiger partial charge in [0.15, 0.2) is 0 Å². The van der Waals surface area contributed by atoms with E-state index in [2.05, 4.69) is 24.4 Å². The third-order valence-corrected chi connectivity index (χ3v) is 3.72. The summed E-state index contributed by atoms with van der Waals surface area (Å²) in [6, 6.07) is 18.0. The fourth-order valence-electron chi connectivity index (χ4n) is 2.32. The summed E-state index contributed by atoms with van der Waals surface area (Å²) in [7, 11) is 1.00. The van der Waals surface area contributed by atoms with Crippen molar-refractivity contribution in [3.63, 3.8) is 0 Å². The number of carbonyl (C=O) groups is 1. The number of hydrogen-bond acceptors (Lipinski definition) is 3. The topological polar surface area (TPSA) is 58.6 Å². The Morgan fingerprint density at radius 1 is 1.08 bits per heavy atom. The Bertz CT molecular complexity index is 606. The lowest BCUT2D eigenvalue weighted by molar-refractivity contribution is 0.0947. The Hall–Kier alpha value is -2.33.